The monoisotopic (exact) mass is 334 g/mol. The molecule has 1 aliphatic rings. The van der Waals surface area contributed by atoms with Crippen LogP contribution in [0.4, 0.5) is 5.82 Å². The van der Waals surface area contributed by atoms with Crippen LogP contribution in [0.2, 0.25) is 0 Å². The van der Waals surface area contributed by atoms with E-state index in [1.165, 1.54) is 6.42 Å². The summed E-state index contributed by atoms with van der Waals surface area (Å²) in [4.78, 5) is 16.0. The fraction of sp³-hybridized carbons (Fsp3) is 0.368. The summed E-state index contributed by atoms with van der Waals surface area (Å²) in [6.45, 7) is 5.81. The van der Waals surface area contributed by atoms with Crippen LogP contribution in [0, 0.1) is 13.8 Å². The Labute approximate surface area is 147 Å². The molecule has 1 fully saturated rings. The van der Waals surface area contributed by atoms with Gasteiger partial charge in [0, 0.05) is 18.3 Å². The smallest absolute Gasteiger partial charge is 0.161 e. The van der Waals surface area contributed by atoms with E-state index in [1.807, 2.05) is 61.1 Å². The van der Waals surface area contributed by atoms with Gasteiger partial charge in [-0.25, -0.2) is 19.6 Å². The Morgan fingerprint density at radius 2 is 1.92 bits per heavy atom. The average Bonchev–Trinajstić information content (AvgIpc) is 3.22. The molecule has 128 valence electrons. The molecule has 1 atom stereocenters. The normalized spacial score (nSPS) is 17.2. The van der Waals surface area contributed by atoms with Gasteiger partial charge in [-0.05, 0) is 32.8 Å². The molecule has 1 saturated heterocycles. The van der Waals surface area contributed by atoms with Crippen LogP contribution in [0.3, 0.4) is 0 Å². The van der Waals surface area contributed by atoms with Gasteiger partial charge in [-0.15, -0.1) is 0 Å². The van der Waals surface area contributed by atoms with Gasteiger partial charge in [-0.1, -0.05) is 30.3 Å². The molecule has 6 nitrogen and oxygen atoms in total. The first-order chi connectivity index (χ1) is 12.2. The summed E-state index contributed by atoms with van der Waals surface area (Å²) in [6, 6.07) is 12.5. The standard InChI is InChI=1S/C19H22N6/c1-14-21-15(2)25(23-14)13-17-9-6-12-24(17)18-10-11-20-19(22-18)16-7-4-3-5-8-16/h3-5,7-8,10-11,17H,6,9,12-13H2,1-2H3/t17-/m0/s1. The molecule has 0 aliphatic carbocycles. The second kappa shape index (κ2) is 6.63. The summed E-state index contributed by atoms with van der Waals surface area (Å²) in [5.74, 6) is 3.56. The summed E-state index contributed by atoms with van der Waals surface area (Å²) in [5.41, 5.74) is 1.04. The molecule has 25 heavy (non-hydrogen) atoms. The molecule has 3 aromatic rings. The molecule has 0 N–H and O–H groups in total. The Balaban J connectivity index is 1.59. The Hall–Kier alpha value is -2.76. The van der Waals surface area contributed by atoms with E-state index in [9.17, 15) is 0 Å². The quantitative estimate of drug-likeness (QED) is 0.734. The fourth-order valence-corrected chi connectivity index (χ4v) is 3.50. The number of hydrogen-bond donors (Lipinski definition) is 0. The van der Waals surface area contributed by atoms with E-state index in [-0.39, 0.29) is 0 Å². The van der Waals surface area contributed by atoms with Crippen LogP contribution in [0.1, 0.15) is 24.5 Å². The van der Waals surface area contributed by atoms with Crippen LogP contribution in [0.5, 0.6) is 0 Å². The minimum absolute atomic E-state index is 0.387. The highest BCUT2D eigenvalue weighted by molar-refractivity contribution is 5.57. The van der Waals surface area contributed by atoms with Gasteiger partial charge >= 0.3 is 0 Å². The molecule has 0 spiro atoms. The first kappa shape index (κ1) is 15.7. The van der Waals surface area contributed by atoms with Crippen molar-refractivity contribution in [2.45, 2.75) is 39.3 Å². The maximum atomic E-state index is 4.81. The highest BCUT2D eigenvalue weighted by Gasteiger charge is 2.27. The van der Waals surface area contributed by atoms with Gasteiger partial charge in [0.1, 0.15) is 17.5 Å². The van der Waals surface area contributed by atoms with Gasteiger partial charge in [0.25, 0.3) is 0 Å². The third kappa shape index (κ3) is 3.24. The van der Waals surface area contributed by atoms with Gasteiger partial charge in [0.15, 0.2) is 5.82 Å². The molecule has 0 bridgehead atoms. The van der Waals surface area contributed by atoms with E-state index >= 15 is 0 Å². The van der Waals surface area contributed by atoms with Crippen LogP contribution in [0.25, 0.3) is 11.4 Å². The third-order valence-corrected chi connectivity index (χ3v) is 4.69. The SMILES string of the molecule is Cc1nc(C)n(C[C@@H]2CCCN2c2ccnc(-c3ccccc3)n2)n1. The second-order valence-electron chi connectivity index (χ2n) is 6.48. The summed E-state index contributed by atoms with van der Waals surface area (Å²) in [7, 11) is 0. The number of hydrogen-bond acceptors (Lipinski definition) is 5. The molecule has 4 rings (SSSR count). The maximum Gasteiger partial charge on any atom is 0.161 e. The van der Waals surface area contributed by atoms with Crippen molar-refractivity contribution in [2.24, 2.45) is 0 Å². The zero-order chi connectivity index (χ0) is 17.2. The topological polar surface area (TPSA) is 59.7 Å². The van der Waals surface area contributed by atoms with Crippen molar-refractivity contribution in [3.05, 3.63) is 54.2 Å². The third-order valence-electron chi connectivity index (χ3n) is 4.69. The van der Waals surface area contributed by atoms with E-state index in [2.05, 4.69) is 20.0 Å². The van der Waals surface area contributed by atoms with E-state index in [4.69, 9.17) is 4.98 Å². The summed E-state index contributed by atoms with van der Waals surface area (Å²) >= 11 is 0. The predicted octanol–water partition coefficient (Wildman–Crippen LogP) is 3.02. The van der Waals surface area contributed by atoms with Gasteiger partial charge in [-0.2, -0.15) is 5.10 Å². The zero-order valence-corrected chi connectivity index (χ0v) is 14.6. The van der Waals surface area contributed by atoms with Gasteiger partial charge in [-0.3, -0.25) is 0 Å². The molecule has 1 aromatic carbocycles. The lowest BCUT2D eigenvalue weighted by Crippen LogP contribution is -2.34. The minimum Gasteiger partial charge on any atom is -0.352 e. The number of benzene rings is 1. The molecule has 0 radical (unpaired) electrons. The number of rotatable bonds is 4. The zero-order valence-electron chi connectivity index (χ0n) is 14.6. The molecule has 3 heterocycles. The maximum absolute atomic E-state index is 4.81. The molecule has 0 amide bonds. The van der Waals surface area contributed by atoms with Gasteiger partial charge < -0.3 is 4.90 Å². The van der Waals surface area contributed by atoms with Crippen molar-refractivity contribution in [3.8, 4) is 11.4 Å². The predicted molar refractivity (Wildman–Crippen MR) is 97.3 cm³/mol. The lowest BCUT2D eigenvalue weighted by molar-refractivity contribution is 0.495. The van der Waals surface area contributed by atoms with E-state index in [0.29, 0.717) is 6.04 Å². The van der Waals surface area contributed by atoms with Gasteiger partial charge in [0.05, 0.1) is 12.6 Å². The van der Waals surface area contributed by atoms with Crippen LogP contribution in [-0.2, 0) is 6.54 Å². The average molecular weight is 334 g/mol. The lowest BCUT2D eigenvalue weighted by atomic mass is 10.2. The molecular formula is C19H22N6. The van der Waals surface area contributed by atoms with Crippen molar-refractivity contribution < 1.29 is 0 Å². The summed E-state index contributed by atoms with van der Waals surface area (Å²) in [6.07, 6.45) is 4.16. The van der Waals surface area contributed by atoms with Crippen LogP contribution < -0.4 is 4.90 Å². The number of nitrogens with zero attached hydrogens (tertiary/aromatic N) is 6. The molecule has 0 saturated carbocycles. The van der Waals surface area contributed by atoms with E-state index in [0.717, 1.165) is 48.4 Å². The number of aromatic nitrogens is 5. The highest BCUT2D eigenvalue weighted by atomic mass is 15.4. The molecule has 1 aliphatic heterocycles. The Kier molecular flexibility index (Phi) is 4.17. The molecular weight excluding hydrogens is 312 g/mol. The summed E-state index contributed by atoms with van der Waals surface area (Å²) in [5, 5.41) is 4.51. The van der Waals surface area contributed by atoms with Gasteiger partial charge in [0.2, 0.25) is 0 Å². The van der Waals surface area contributed by atoms with E-state index in [1.54, 1.807) is 0 Å². The molecule has 0 unspecified atom stereocenters. The Morgan fingerprint density at radius 1 is 1.08 bits per heavy atom. The first-order valence-electron chi connectivity index (χ1n) is 8.74. The van der Waals surface area contributed by atoms with E-state index < -0.39 is 0 Å². The van der Waals surface area contributed by atoms with Crippen molar-refractivity contribution in [1.82, 2.24) is 24.7 Å². The first-order valence-corrected chi connectivity index (χ1v) is 8.74. The number of anilines is 1. The van der Waals surface area contributed by atoms with Crippen molar-refractivity contribution >= 4 is 5.82 Å². The largest absolute Gasteiger partial charge is 0.352 e. The lowest BCUT2D eigenvalue weighted by Gasteiger charge is -2.26. The van der Waals surface area contributed by atoms with Crippen molar-refractivity contribution in [2.75, 3.05) is 11.4 Å². The van der Waals surface area contributed by atoms with Crippen LogP contribution >= 0.6 is 0 Å². The molecule has 2 aromatic heterocycles. The van der Waals surface area contributed by atoms with Crippen LogP contribution in [0.15, 0.2) is 42.6 Å². The fourth-order valence-electron chi connectivity index (χ4n) is 3.50. The second-order valence-corrected chi connectivity index (χ2v) is 6.48. The van der Waals surface area contributed by atoms with Crippen molar-refractivity contribution in [1.29, 1.82) is 0 Å². The Morgan fingerprint density at radius 3 is 2.68 bits per heavy atom. The summed E-state index contributed by atoms with van der Waals surface area (Å²) < 4.78 is 2.01. The number of aryl methyl sites for hydroxylation is 2. The minimum atomic E-state index is 0.387. The molecule has 6 heteroatoms. The highest BCUT2D eigenvalue weighted by Crippen LogP contribution is 2.26. The van der Waals surface area contributed by atoms with Crippen LogP contribution in [-0.4, -0.2) is 37.3 Å². The Bertz CT molecular complexity index is 857. The van der Waals surface area contributed by atoms with Crippen molar-refractivity contribution in [3.63, 3.8) is 0 Å².